The Morgan fingerprint density at radius 1 is 1.45 bits per heavy atom. The summed E-state index contributed by atoms with van der Waals surface area (Å²) in [5.74, 6) is -0.0836. The van der Waals surface area contributed by atoms with Crippen LogP contribution in [0.2, 0.25) is 0 Å². The largest absolute Gasteiger partial charge is 0.468 e. The highest BCUT2D eigenvalue weighted by Crippen LogP contribution is 2.06. The zero-order chi connectivity index (χ0) is 14.5. The number of nitrogens with one attached hydrogen (secondary N) is 1. The smallest absolute Gasteiger partial charge is 0.299 e. The number of hydrogen-bond acceptors (Lipinski definition) is 5. The highest BCUT2D eigenvalue weighted by molar-refractivity contribution is 5.76. The monoisotopic (exact) mass is 280 g/mol. The quantitative estimate of drug-likeness (QED) is 0.799. The third kappa shape index (κ3) is 3.36. The number of amides is 1. The Labute approximate surface area is 117 Å². The highest BCUT2D eigenvalue weighted by Gasteiger charge is 2.18. The van der Waals surface area contributed by atoms with Crippen LogP contribution in [0.5, 0.6) is 6.01 Å². The predicted octanol–water partition coefficient (Wildman–Crippen LogP) is -0.618. The molecule has 0 radical (unpaired) electrons. The summed E-state index contributed by atoms with van der Waals surface area (Å²) in [6, 6.07) is 1.58. The number of carbonyl (C=O) groups excluding carboxylic acids is 1. The number of ether oxygens (including phenoxy) is 1. The average Bonchev–Trinajstić information content (AvgIpc) is 2.70. The lowest BCUT2D eigenvalue weighted by atomic mass is 10.3. The van der Waals surface area contributed by atoms with Gasteiger partial charge in [0.1, 0.15) is 6.54 Å². The standard InChI is InChI=1S/C13H20N4O3/c1-10-8-11(18)17(13(15-10)20-2)9-12(19)16-6-3-4-14-5-7-16/h8,14H,3-7,9H2,1-2H3. The lowest BCUT2D eigenvalue weighted by Gasteiger charge is -2.21. The van der Waals surface area contributed by atoms with Crippen LogP contribution in [0.4, 0.5) is 0 Å². The van der Waals surface area contributed by atoms with Gasteiger partial charge in [-0.25, -0.2) is 4.98 Å². The van der Waals surface area contributed by atoms with Crippen LogP contribution in [0, 0.1) is 6.92 Å². The summed E-state index contributed by atoms with van der Waals surface area (Å²) in [7, 11) is 1.44. The summed E-state index contributed by atoms with van der Waals surface area (Å²) in [6.45, 7) is 4.76. The van der Waals surface area contributed by atoms with Gasteiger partial charge in [-0.05, 0) is 19.9 Å². The second-order valence-corrected chi connectivity index (χ2v) is 4.79. The van der Waals surface area contributed by atoms with E-state index in [4.69, 9.17) is 4.74 Å². The summed E-state index contributed by atoms with van der Waals surface area (Å²) in [6.07, 6.45) is 0.921. The second-order valence-electron chi connectivity index (χ2n) is 4.79. The van der Waals surface area contributed by atoms with Gasteiger partial charge < -0.3 is 15.0 Å². The average molecular weight is 280 g/mol. The molecule has 7 heteroatoms. The van der Waals surface area contributed by atoms with Crippen molar-refractivity contribution in [3.63, 3.8) is 0 Å². The molecule has 0 aliphatic carbocycles. The highest BCUT2D eigenvalue weighted by atomic mass is 16.5. The first-order valence-corrected chi connectivity index (χ1v) is 6.73. The third-order valence-corrected chi connectivity index (χ3v) is 3.27. The number of rotatable bonds is 3. The summed E-state index contributed by atoms with van der Waals surface area (Å²) in [5.41, 5.74) is 0.310. The van der Waals surface area contributed by atoms with Crippen LogP contribution >= 0.6 is 0 Å². The Balaban J connectivity index is 2.16. The molecule has 1 N–H and O–H groups in total. The molecule has 1 amide bonds. The minimum atomic E-state index is -0.268. The molecule has 2 rings (SSSR count). The molecule has 7 nitrogen and oxygen atoms in total. The fourth-order valence-electron chi connectivity index (χ4n) is 2.23. The molecule has 20 heavy (non-hydrogen) atoms. The zero-order valence-corrected chi connectivity index (χ0v) is 11.9. The van der Waals surface area contributed by atoms with E-state index in [2.05, 4.69) is 10.3 Å². The molecule has 1 saturated heterocycles. The molecule has 110 valence electrons. The molecule has 1 aromatic rings. The molecule has 0 atom stereocenters. The van der Waals surface area contributed by atoms with Gasteiger partial charge in [-0.15, -0.1) is 0 Å². The van der Waals surface area contributed by atoms with E-state index in [9.17, 15) is 9.59 Å². The Morgan fingerprint density at radius 3 is 3.00 bits per heavy atom. The summed E-state index contributed by atoms with van der Waals surface area (Å²) < 4.78 is 6.36. The molecular weight excluding hydrogens is 260 g/mol. The lowest BCUT2D eigenvalue weighted by Crippen LogP contribution is -2.39. The molecule has 0 bridgehead atoms. The van der Waals surface area contributed by atoms with Crippen molar-refractivity contribution in [2.24, 2.45) is 0 Å². The first-order valence-electron chi connectivity index (χ1n) is 6.73. The first kappa shape index (κ1) is 14.5. The van der Waals surface area contributed by atoms with E-state index in [-0.39, 0.29) is 24.0 Å². The van der Waals surface area contributed by atoms with Crippen molar-refractivity contribution in [2.75, 3.05) is 33.3 Å². The predicted molar refractivity (Wildman–Crippen MR) is 73.9 cm³/mol. The first-order chi connectivity index (χ1) is 9.61. The normalized spacial score (nSPS) is 15.8. The maximum atomic E-state index is 12.3. The second kappa shape index (κ2) is 6.51. The van der Waals surface area contributed by atoms with Gasteiger partial charge in [-0.3, -0.25) is 14.2 Å². The van der Waals surface area contributed by atoms with Gasteiger partial charge in [0.15, 0.2) is 0 Å². The molecule has 2 heterocycles. The molecule has 0 saturated carbocycles. The number of aromatic nitrogens is 2. The minimum absolute atomic E-state index is 0.0325. The van der Waals surface area contributed by atoms with Gasteiger partial charge in [0.2, 0.25) is 5.91 Å². The van der Waals surface area contributed by atoms with Crippen LogP contribution in [0.15, 0.2) is 10.9 Å². The van der Waals surface area contributed by atoms with Crippen molar-refractivity contribution in [1.29, 1.82) is 0 Å². The van der Waals surface area contributed by atoms with E-state index < -0.39 is 0 Å². The number of aryl methyl sites for hydroxylation is 1. The van der Waals surface area contributed by atoms with E-state index >= 15 is 0 Å². The van der Waals surface area contributed by atoms with Gasteiger partial charge >= 0.3 is 0 Å². The fraction of sp³-hybridized carbons (Fsp3) is 0.615. The fourth-order valence-corrected chi connectivity index (χ4v) is 2.23. The van der Waals surface area contributed by atoms with Crippen LogP contribution in [-0.2, 0) is 11.3 Å². The van der Waals surface area contributed by atoms with Crippen molar-refractivity contribution in [3.05, 3.63) is 22.1 Å². The number of methoxy groups -OCH3 is 1. The minimum Gasteiger partial charge on any atom is -0.468 e. The zero-order valence-electron chi connectivity index (χ0n) is 11.9. The lowest BCUT2D eigenvalue weighted by molar-refractivity contribution is -0.131. The Hall–Kier alpha value is -1.89. The van der Waals surface area contributed by atoms with Crippen LogP contribution in [0.25, 0.3) is 0 Å². The topological polar surface area (TPSA) is 76.5 Å². The summed E-state index contributed by atoms with van der Waals surface area (Å²) in [5, 5.41) is 3.24. The molecule has 1 aromatic heterocycles. The van der Waals surface area contributed by atoms with E-state index in [1.54, 1.807) is 11.8 Å². The number of carbonyl (C=O) groups is 1. The van der Waals surface area contributed by atoms with Crippen molar-refractivity contribution < 1.29 is 9.53 Å². The van der Waals surface area contributed by atoms with Crippen molar-refractivity contribution in [1.82, 2.24) is 19.8 Å². The van der Waals surface area contributed by atoms with Crippen LogP contribution in [-0.4, -0.2) is 53.6 Å². The molecule has 1 aliphatic heterocycles. The van der Waals surface area contributed by atoms with E-state index in [1.165, 1.54) is 17.7 Å². The molecule has 1 fully saturated rings. The molecule has 1 aliphatic rings. The van der Waals surface area contributed by atoms with Gasteiger partial charge in [-0.2, -0.15) is 0 Å². The van der Waals surface area contributed by atoms with Crippen LogP contribution in [0.1, 0.15) is 12.1 Å². The maximum absolute atomic E-state index is 12.3. The maximum Gasteiger partial charge on any atom is 0.299 e. The summed E-state index contributed by atoms with van der Waals surface area (Å²) >= 11 is 0. The van der Waals surface area contributed by atoms with Crippen molar-refractivity contribution >= 4 is 5.91 Å². The third-order valence-electron chi connectivity index (χ3n) is 3.27. The van der Waals surface area contributed by atoms with Gasteiger partial charge in [0, 0.05) is 31.4 Å². The number of hydrogen-bond donors (Lipinski definition) is 1. The van der Waals surface area contributed by atoms with Crippen molar-refractivity contribution in [2.45, 2.75) is 19.9 Å². The van der Waals surface area contributed by atoms with E-state index in [0.717, 1.165) is 19.5 Å². The Morgan fingerprint density at radius 2 is 2.25 bits per heavy atom. The molecule has 0 unspecified atom stereocenters. The van der Waals surface area contributed by atoms with Crippen molar-refractivity contribution in [3.8, 4) is 6.01 Å². The number of nitrogens with zero attached hydrogens (tertiary/aromatic N) is 3. The van der Waals surface area contributed by atoms with E-state index in [1.807, 2.05) is 0 Å². The van der Waals surface area contributed by atoms with Gasteiger partial charge in [-0.1, -0.05) is 0 Å². The molecule has 0 aromatic carbocycles. The molecule has 0 spiro atoms. The van der Waals surface area contributed by atoms with Gasteiger partial charge in [0.05, 0.1) is 7.11 Å². The van der Waals surface area contributed by atoms with Gasteiger partial charge in [0.25, 0.3) is 11.6 Å². The van der Waals surface area contributed by atoms with Crippen LogP contribution < -0.4 is 15.6 Å². The SMILES string of the molecule is COc1nc(C)cc(=O)n1CC(=O)N1CCCNCC1. The Bertz CT molecular complexity index is 533. The Kier molecular flexibility index (Phi) is 4.73. The van der Waals surface area contributed by atoms with Crippen LogP contribution in [0.3, 0.4) is 0 Å². The summed E-state index contributed by atoms with van der Waals surface area (Å²) in [4.78, 5) is 30.1. The van der Waals surface area contributed by atoms with E-state index in [0.29, 0.717) is 18.8 Å². The molecular formula is C13H20N4O3.